The van der Waals surface area contributed by atoms with Crippen LogP contribution in [0.4, 0.5) is 0 Å². The van der Waals surface area contributed by atoms with E-state index in [2.05, 4.69) is 21.3 Å². The molecular formula is C9H20N4. The van der Waals surface area contributed by atoms with Crippen LogP contribution < -0.4 is 21.3 Å². The zero-order valence-corrected chi connectivity index (χ0v) is 8.10. The maximum absolute atomic E-state index is 3.39. The molecule has 0 aliphatic carbocycles. The molecule has 13 heavy (non-hydrogen) atoms. The van der Waals surface area contributed by atoms with Crippen molar-refractivity contribution in [3.05, 3.63) is 0 Å². The molecule has 2 bridgehead atoms. The number of nitrogens with one attached hydrogen (secondary N) is 4. The van der Waals surface area contributed by atoms with Crippen molar-refractivity contribution in [2.24, 2.45) is 0 Å². The average molecular weight is 184 g/mol. The largest absolute Gasteiger partial charge is 0.314 e. The molecule has 3 rings (SSSR count). The molecule has 0 saturated carbocycles. The Balaban J connectivity index is 0.000000102. The summed E-state index contributed by atoms with van der Waals surface area (Å²) < 4.78 is 0. The van der Waals surface area contributed by atoms with Crippen molar-refractivity contribution in [3.8, 4) is 0 Å². The highest BCUT2D eigenvalue weighted by Gasteiger charge is 2.29. The van der Waals surface area contributed by atoms with E-state index in [1.165, 1.54) is 19.5 Å². The van der Waals surface area contributed by atoms with Gasteiger partial charge in [0, 0.05) is 51.4 Å². The minimum atomic E-state index is 0.810. The van der Waals surface area contributed by atoms with E-state index in [9.17, 15) is 0 Å². The molecule has 0 spiro atoms. The molecule has 2 atom stereocenters. The summed E-state index contributed by atoms with van der Waals surface area (Å²) in [6, 6.07) is 1.62. The normalized spacial score (nSPS) is 36.9. The third-order valence-electron chi connectivity index (χ3n) is 2.83. The number of hydrogen-bond donors (Lipinski definition) is 4. The molecule has 3 saturated heterocycles. The first kappa shape index (κ1) is 9.40. The van der Waals surface area contributed by atoms with E-state index in [0.29, 0.717) is 0 Å². The molecule has 0 aromatic heterocycles. The predicted octanol–water partition coefficient (Wildman–Crippen LogP) is -1.50. The monoisotopic (exact) mass is 184 g/mol. The van der Waals surface area contributed by atoms with Gasteiger partial charge in [-0.3, -0.25) is 0 Å². The van der Waals surface area contributed by atoms with Crippen LogP contribution in [0.1, 0.15) is 6.42 Å². The second kappa shape index (κ2) is 4.91. The molecule has 3 aliphatic heterocycles. The van der Waals surface area contributed by atoms with Gasteiger partial charge in [0.15, 0.2) is 0 Å². The van der Waals surface area contributed by atoms with Crippen molar-refractivity contribution in [2.45, 2.75) is 18.5 Å². The summed E-state index contributed by atoms with van der Waals surface area (Å²) >= 11 is 0. The molecule has 4 nitrogen and oxygen atoms in total. The van der Waals surface area contributed by atoms with E-state index in [1.54, 1.807) is 0 Å². The summed E-state index contributed by atoms with van der Waals surface area (Å²) in [4.78, 5) is 0. The second-order valence-electron chi connectivity index (χ2n) is 3.95. The molecule has 0 amide bonds. The Labute approximate surface area is 79.8 Å². The lowest BCUT2D eigenvalue weighted by atomic mass is 10.3. The molecule has 4 N–H and O–H groups in total. The number of hydrogen-bond acceptors (Lipinski definition) is 4. The third kappa shape index (κ3) is 2.91. The smallest absolute Gasteiger partial charge is 0.0208 e. The summed E-state index contributed by atoms with van der Waals surface area (Å²) in [7, 11) is 0. The van der Waals surface area contributed by atoms with Gasteiger partial charge in [-0.2, -0.15) is 0 Å². The lowest BCUT2D eigenvalue weighted by Gasteiger charge is -2.11. The zero-order valence-electron chi connectivity index (χ0n) is 8.10. The lowest BCUT2D eigenvalue weighted by Crippen LogP contribution is -2.39. The Morgan fingerprint density at radius 1 is 0.692 bits per heavy atom. The molecule has 3 aliphatic rings. The summed E-state index contributed by atoms with van der Waals surface area (Å²) in [6.45, 7) is 6.95. The SMILES string of the molecule is C1CNCCN1.C1N[C@@H]2CN[C@H]1C2. The maximum atomic E-state index is 3.39. The van der Waals surface area contributed by atoms with Gasteiger partial charge in [0.1, 0.15) is 0 Å². The van der Waals surface area contributed by atoms with Gasteiger partial charge in [-0.05, 0) is 6.42 Å². The van der Waals surface area contributed by atoms with Gasteiger partial charge >= 0.3 is 0 Å². The number of rotatable bonds is 0. The molecule has 0 aromatic carbocycles. The Hall–Kier alpha value is -0.160. The fraction of sp³-hybridized carbons (Fsp3) is 1.00. The molecule has 0 radical (unpaired) electrons. The summed E-state index contributed by atoms with van der Waals surface area (Å²) in [6.07, 6.45) is 1.36. The summed E-state index contributed by atoms with van der Waals surface area (Å²) in [5, 5.41) is 13.2. The molecule has 4 heteroatoms. The Morgan fingerprint density at radius 3 is 1.31 bits per heavy atom. The standard InChI is InChI=1S/C5H10N2.C4H10N2/c1-4-2-6-5(1)3-7-4;1-2-6-4-3-5-1/h4-7H,1-3H2;5-6H,1-4H2/t4-,5-;/m0./s1. The summed E-state index contributed by atoms with van der Waals surface area (Å²) in [5.74, 6) is 0. The quantitative estimate of drug-likeness (QED) is 0.370. The van der Waals surface area contributed by atoms with Gasteiger partial charge < -0.3 is 21.3 Å². The maximum Gasteiger partial charge on any atom is 0.0208 e. The van der Waals surface area contributed by atoms with Gasteiger partial charge in [0.25, 0.3) is 0 Å². The fourth-order valence-electron chi connectivity index (χ4n) is 2.04. The molecule has 3 fully saturated rings. The molecule has 76 valence electrons. The van der Waals surface area contributed by atoms with Crippen molar-refractivity contribution in [1.82, 2.24) is 21.3 Å². The number of piperazine rings is 2. The van der Waals surface area contributed by atoms with E-state index in [1.807, 2.05) is 0 Å². The van der Waals surface area contributed by atoms with Gasteiger partial charge in [-0.1, -0.05) is 0 Å². The van der Waals surface area contributed by atoms with Crippen LogP contribution >= 0.6 is 0 Å². The van der Waals surface area contributed by atoms with Crippen LogP contribution in [-0.2, 0) is 0 Å². The fourth-order valence-corrected chi connectivity index (χ4v) is 2.04. The van der Waals surface area contributed by atoms with Crippen molar-refractivity contribution < 1.29 is 0 Å². The molecule has 0 unspecified atom stereocenters. The highest BCUT2D eigenvalue weighted by Crippen LogP contribution is 2.11. The van der Waals surface area contributed by atoms with Gasteiger partial charge in [-0.25, -0.2) is 0 Å². The predicted molar refractivity (Wildman–Crippen MR) is 53.9 cm³/mol. The number of fused-ring (bicyclic) bond motifs is 2. The Morgan fingerprint density at radius 2 is 1.15 bits per heavy atom. The summed E-state index contributed by atoms with van der Waals surface area (Å²) in [5.41, 5.74) is 0. The first-order chi connectivity index (χ1) is 6.45. The Kier molecular flexibility index (Phi) is 3.55. The van der Waals surface area contributed by atoms with Crippen LogP contribution in [0.2, 0.25) is 0 Å². The highest BCUT2D eigenvalue weighted by molar-refractivity contribution is 4.94. The first-order valence-corrected chi connectivity index (χ1v) is 5.33. The van der Waals surface area contributed by atoms with E-state index < -0.39 is 0 Å². The van der Waals surface area contributed by atoms with E-state index in [0.717, 1.165) is 38.3 Å². The van der Waals surface area contributed by atoms with Gasteiger partial charge in [0.05, 0.1) is 0 Å². The Bertz CT molecular complexity index is 117. The van der Waals surface area contributed by atoms with Crippen LogP contribution in [0.25, 0.3) is 0 Å². The first-order valence-electron chi connectivity index (χ1n) is 5.33. The van der Waals surface area contributed by atoms with Crippen LogP contribution in [0.3, 0.4) is 0 Å². The van der Waals surface area contributed by atoms with Crippen LogP contribution in [0.5, 0.6) is 0 Å². The second-order valence-corrected chi connectivity index (χ2v) is 3.95. The molecular weight excluding hydrogens is 164 g/mol. The van der Waals surface area contributed by atoms with Gasteiger partial charge in [0.2, 0.25) is 0 Å². The minimum Gasteiger partial charge on any atom is -0.314 e. The van der Waals surface area contributed by atoms with E-state index in [4.69, 9.17) is 0 Å². The highest BCUT2D eigenvalue weighted by atomic mass is 15.1. The van der Waals surface area contributed by atoms with E-state index >= 15 is 0 Å². The van der Waals surface area contributed by atoms with Crippen molar-refractivity contribution in [2.75, 3.05) is 39.3 Å². The van der Waals surface area contributed by atoms with Crippen LogP contribution in [0.15, 0.2) is 0 Å². The van der Waals surface area contributed by atoms with Crippen molar-refractivity contribution >= 4 is 0 Å². The lowest BCUT2D eigenvalue weighted by molar-refractivity contribution is 0.528. The van der Waals surface area contributed by atoms with Gasteiger partial charge in [-0.15, -0.1) is 0 Å². The van der Waals surface area contributed by atoms with Crippen LogP contribution in [0, 0.1) is 0 Å². The van der Waals surface area contributed by atoms with E-state index in [-0.39, 0.29) is 0 Å². The topological polar surface area (TPSA) is 48.1 Å². The minimum absolute atomic E-state index is 0.810. The average Bonchev–Trinajstić information content (AvgIpc) is 2.85. The molecule has 0 aromatic rings. The zero-order chi connectivity index (χ0) is 8.93. The molecule has 3 heterocycles. The van der Waals surface area contributed by atoms with Crippen molar-refractivity contribution in [3.63, 3.8) is 0 Å². The third-order valence-corrected chi connectivity index (χ3v) is 2.83. The van der Waals surface area contributed by atoms with Crippen LogP contribution in [-0.4, -0.2) is 51.4 Å². The van der Waals surface area contributed by atoms with Crippen molar-refractivity contribution in [1.29, 1.82) is 0 Å².